The standard InChI is InChI=1S/C15H24O3/c1-9(2)15(18)7-6-10(3)12-5-4-11(14(16)17)8-13(12)15/h8-10,12-13,18H,4-7H2,1-3H3,(H,16,17)/t10-,12+,13+,15+/m1/s1. The normalized spacial score (nSPS) is 40.3. The van der Waals surface area contributed by atoms with E-state index >= 15 is 0 Å². The van der Waals surface area contributed by atoms with Gasteiger partial charge in [0.05, 0.1) is 5.60 Å². The molecule has 2 rings (SSSR count). The van der Waals surface area contributed by atoms with Gasteiger partial charge >= 0.3 is 5.97 Å². The molecule has 0 bridgehead atoms. The second-order valence-corrected chi connectivity index (χ2v) is 6.39. The van der Waals surface area contributed by atoms with E-state index in [4.69, 9.17) is 5.11 Å². The molecule has 0 unspecified atom stereocenters. The van der Waals surface area contributed by atoms with E-state index in [0.29, 0.717) is 23.8 Å². The van der Waals surface area contributed by atoms with Crippen molar-refractivity contribution in [3.63, 3.8) is 0 Å². The zero-order valence-corrected chi connectivity index (χ0v) is 11.5. The lowest BCUT2D eigenvalue weighted by atomic mass is 9.58. The number of aliphatic carboxylic acids is 1. The zero-order chi connectivity index (χ0) is 13.5. The van der Waals surface area contributed by atoms with Crippen LogP contribution in [0.3, 0.4) is 0 Å². The summed E-state index contributed by atoms with van der Waals surface area (Å²) in [5.74, 6) is 0.385. The number of fused-ring (bicyclic) bond motifs is 1. The van der Waals surface area contributed by atoms with E-state index in [2.05, 4.69) is 6.92 Å². The summed E-state index contributed by atoms with van der Waals surface area (Å²) in [5, 5.41) is 20.1. The maximum atomic E-state index is 11.1. The number of aliphatic hydroxyl groups is 1. The molecule has 0 heterocycles. The van der Waals surface area contributed by atoms with Gasteiger partial charge in [-0.2, -0.15) is 0 Å². The highest BCUT2D eigenvalue weighted by molar-refractivity contribution is 5.86. The van der Waals surface area contributed by atoms with Gasteiger partial charge in [0.15, 0.2) is 0 Å². The summed E-state index contributed by atoms with van der Waals surface area (Å²) < 4.78 is 0. The van der Waals surface area contributed by atoms with Crippen molar-refractivity contribution >= 4 is 5.97 Å². The number of carboxylic acid groups (broad SMARTS) is 1. The predicted molar refractivity (Wildman–Crippen MR) is 70.1 cm³/mol. The third kappa shape index (κ3) is 2.09. The summed E-state index contributed by atoms with van der Waals surface area (Å²) in [6.45, 7) is 6.31. The third-order valence-corrected chi connectivity index (χ3v) is 5.17. The molecule has 2 aliphatic carbocycles. The van der Waals surface area contributed by atoms with E-state index in [9.17, 15) is 9.90 Å². The molecule has 102 valence electrons. The second-order valence-electron chi connectivity index (χ2n) is 6.39. The molecule has 0 amide bonds. The summed E-state index contributed by atoms with van der Waals surface area (Å²) in [6.07, 6.45) is 5.24. The molecule has 3 nitrogen and oxygen atoms in total. The van der Waals surface area contributed by atoms with E-state index < -0.39 is 11.6 Å². The monoisotopic (exact) mass is 252 g/mol. The van der Waals surface area contributed by atoms with Gasteiger partial charge in [-0.15, -0.1) is 0 Å². The van der Waals surface area contributed by atoms with Crippen LogP contribution in [-0.4, -0.2) is 21.8 Å². The molecule has 2 aliphatic rings. The average Bonchev–Trinajstić information content (AvgIpc) is 2.33. The molecule has 1 saturated carbocycles. The topological polar surface area (TPSA) is 57.5 Å². The van der Waals surface area contributed by atoms with Crippen molar-refractivity contribution in [2.45, 2.75) is 52.1 Å². The molecule has 4 atom stereocenters. The van der Waals surface area contributed by atoms with Gasteiger partial charge in [-0.3, -0.25) is 0 Å². The molecule has 0 saturated heterocycles. The highest BCUT2D eigenvalue weighted by atomic mass is 16.4. The minimum Gasteiger partial charge on any atom is -0.478 e. The van der Waals surface area contributed by atoms with Crippen LogP contribution in [0.25, 0.3) is 0 Å². The van der Waals surface area contributed by atoms with Gasteiger partial charge in [0.25, 0.3) is 0 Å². The van der Waals surface area contributed by atoms with E-state index in [1.54, 1.807) is 0 Å². The van der Waals surface area contributed by atoms with E-state index in [1.807, 2.05) is 19.9 Å². The van der Waals surface area contributed by atoms with Gasteiger partial charge in [0.1, 0.15) is 0 Å². The van der Waals surface area contributed by atoms with Crippen molar-refractivity contribution in [2.24, 2.45) is 23.7 Å². The number of carboxylic acids is 1. The Kier molecular flexibility index (Phi) is 3.54. The second kappa shape index (κ2) is 4.69. The highest BCUT2D eigenvalue weighted by Gasteiger charge is 2.49. The lowest BCUT2D eigenvalue weighted by Crippen LogP contribution is -2.51. The fraction of sp³-hybridized carbons (Fsp3) is 0.800. The molecule has 18 heavy (non-hydrogen) atoms. The zero-order valence-electron chi connectivity index (χ0n) is 11.5. The van der Waals surface area contributed by atoms with Crippen molar-refractivity contribution in [3.05, 3.63) is 11.6 Å². The lowest BCUT2D eigenvalue weighted by Gasteiger charge is -2.50. The highest BCUT2D eigenvalue weighted by Crippen LogP contribution is 2.50. The van der Waals surface area contributed by atoms with Crippen LogP contribution in [0.1, 0.15) is 46.5 Å². The number of hydrogen-bond acceptors (Lipinski definition) is 2. The quantitative estimate of drug-likeness (QED) is 0.794. The van der Waals surface area contributed by atoms with Gasteiger partial charge < -0.3 is 10.2 Å². The van der Waals surface area contributed by atoms with Crippen molar-refractivity contribution in [1.29, 1.82) is 0 Å². The minimum absolute atomic E-state index is 0.0149. The van der Waals surface area contributed by atoms with Crippen LogP contribution in [0, 0.1) is 23.7 Å². The Morgan fingerprint density at radius 1 is 1.44 bits per heavy atom. The smallest absolute Gasteiger partial charge is 0.331 e. The summed E-state index contributed by atoms with van der Waals surface area (Å²) in [7, 11) is 0. The van der Waals surface area contributed by atoms with Crippen LogP contribution in [0.15, 0.2) is 11.6 Å². The van der Waals surface area contributed by atoms with E-state index in [1.165, 1.54) is 0 Å². The fourth-order valence-electron chi connectivity index (χ4n) is 3.77. The maximum Gasteiger partial charge on any atom is 0.331 e. The summed E-state index contributed by atoms with van der Waals surface area (Å²) in [4.78, 5) is 11.1. The van der Waals surface area contributed by atoms with Gasteiger partial charge in [0.2, 0.25) is 0 Å². The van der Waals surface area contributed by atoms with Gasteiger partial charge in [0, 0.05) is 11.5 Å². The Morgan fingerprint density at radius 2 is 2.11 bits per heavy atom. The minimum atomic E-state index is -0.821. The summed E-state index contributed by atoms with van der Waals surface area (Å²) in [6, 6.07) is 0. The van der Waals surface area contributed by atoms with Crippen LogP contribution in [0.4, 0.5) is 0 Å². The fourth-order valence-corrected chi connectivity index (χ4v) is 3.77. The van der Waals surface area contributed by atoms with E-state index in [0.717, 1.165) is 19.3 Å². The molecule has 0 aromatic heterocycles. The number of carbonyl (C=O) groups is 1. The maximum absolute atomic E-state index is 11.1. The van der Waals surface area contributed by atoms with Crippen molar-refractivity contribution in [1.82, 2.24) is 0 Å². The molecule has 0 aliphatic heterocycles. The largest absolute Gasteiger partial charge is 0.478 e. The predicted octanol–water partition coefficient (Wildman–Crippen LogP) is 2.84. The van der Waals surface area contributed by atoms with E-state index in [-0.39, 0.29) is 11.8 Å². The average molecular weight is 252 g/mol. The first-order valence-corrected chi connectivity index (χ1v) is 7.02. The molecule has 0 spiro atoms. The molecule has 3 heteroatoms. The van der Waals surface area contributed by atoms with Crippen molar-refractivity contribution < 1.29 is 15.0 Å². The Balaban J connectivity index is 2.37. The van der Waals surface area contributed by atoms with Crippen molar-refractivity contribution in [3.8, 4) is 0 Å². The Morgan fingerprint density at radius 3 is 2.67 bits per heavy atom. The first-order valence-electron chi connectivity index (χ1n) is 7.02. The molecule has 2 N–H and O–H groups in total. The summed E-state index contributed by atoms with van der Waals surface area (Å²) in [5.41, 5.74) is -0.234. The number of rotatable bonds is 2. The first kappa shape index (κ1) is 13.6. The van der Waals surface area contributed by atoms with Gasteiger partial charge in [-0.1, -0.05) is 26.8 Å². The summed E-state index contributed by atoms with van der Waals surface area (Å²) >= 11 is 0. The van der Waals surface area contributed by atoms with Crippen LogP contribution in [0.5, 0.6) is 0 Å². The van der Waals surface area contributed by atoms with Crippen LogP contribution >= 0.6 is 0 Å². The van der Waals surface area contributed by atoms with Crippen molar-refractivity contribution in [2.75, 3.05) is 0 Å². The SMILES string of the molecule is CC(C)[C@@]1(O)CC[C@@H](C)[C@@H]2CCC(C(=O)O)=C[C@@H]21. The number of hydrogen-bond donors (Lipinski definition) is 2. The molecule has 1 fully saturated rings. The van der Waals surface area contributed by atoms with Crippen LogP contribution in [0.2, 0.25) is 0 Å². The Bertz CT molecular complexity index is 372. The Labute approximate surface area is 109 Å². The van der Waals surface area contributed by atoms with Crippen LogP contribution in [-0.2, 0) is 4.79 Å². The van der Waals surface area contributed by atoms with Gasteiger partial charge in [-0.05, 0) is 43.4 Å². The molecular formula is C15H24O3. The molecule has 0 aromatic rings. The molecule has 0 aromatic carbocycles. The van der Waals surface area contributed by atoms with Gasteiger partial charge in [-0.25, -0.2) is 4.79 Å². The first-order chi connectivity index (χ1) is 8.36. The molecular weight excluding hydrogens is 228 g/mol. The van der Waals surface area contributed by atoms with Crippen LogP contribution < -0.4 is 0 Å². The third-order valence-electron chi connectivity index (χ3n) is 5.17. The lowest BCUT2D eigenvalue weighted by molar-refractivity contribution is -0.134. The molecule has 0 radical (unpaired) electrons. The Hall–Kier alpha value is -0.830.